The highest BCUT2D eigenvalue weighted by Gasteiger charge is 2.44. The van der Waals surface area contributed by atoms with Gasteiger partial charge in [0.2, 0.25) is 11.8 Å². The van der Waals surface area contributed by atoms with Crippen LogP contribution in [0.4, 0.5) is 0 Å². The van der Waals surface area contributed by atoms with Crippen LogP contribution in [0.3, 0.4) is 0 Å². The molecular formula is C41H54N4O7. The Morgan fingerprint density at radius 2 is 1.79 bits per heavy atom. The number of aromatic nitrogens is 2. The molecule has 52 heavy (non-hydrogen) atoms. The van der Waals surface area contributed by atoms with Gasteiger partial charge < -0.3 is 30.0 Å². The predicted octanol–water partition coefficient (Wildman–Crippen LogP) is 6.10. The molecule has 3 N–H and O–H groups in total. The Kier molecular flexibility index (Phi) is 12.9. The monoisotopic (exact) mass is 714 g/mol. The quantitative estimate of drug-likeness (QED) is 0.108. The Hall–Kier alpha value is -4.51. The molecule has 2 heterocycles. The van der Waals surface area contributed by atoms with Gasteiger partial charge in [0, 0.05) is 36.3 Å². The number of nitrogens with zero attached hydrogens (tertiary/aromatic N) is 3. The van der Waals surface area contributed by atoms with E-state index < -0.39 is 30.0 Å². The summed E-state index contributed by atoms with van der Waals surface area (Å²) >= 11 is 0. The molecule has 280 valence electrons. The third-order valence-electron chi connectivity index (χ3n) is 10.7. The van der Waals surface area contributed by atoms with Crippen LogP contribution in [0, 0.1) is 37.5 Å². The lowest BCUT2D eigenvalue weighted by molar-refractivity contribution is -0.147. The first-order valence-corrected chi connectivity index (χ1v) is 18.6. The Balaban J connectivity index is 1.24. The minimum Gasteiger partial charge on any atom is -0.496 e. The van der Waals surface area contributed by atoms with E-state index in [2.05, 4.69) is 11.1 Å². The highest BCUT2D eigenvalue weighted by Crippen LogP contribution is 2.40. The van der Waals surface area contributed by atoms with Gasteiger partial charge in [-0.25, -0.2) is 4.98 Å². The van der Waals surface area contributed by atoms with Crippen molar-refractivity contribution >= 4 is 28.7 Å². The summed E-state index contributed by atoms with van der Waals surface area (Å²) in [6, 6.07) is 11.4. The number of esters is 1. The van der Waals surface area contributed by atoms with E-state index in [9.17, 15) is 19.5 Å². The molecule has 1 aromatic carbocycles. The molecule has 0 saturated heterocycles. The highest BCUT2D eigenvalue weighted by atomic mass is 16.5. The Morgan fingerprint density at radius 3 is 2.48 bits per heavy atom. The van der Waals surface area contributed by atoms with E-state index in [1.807, 2.05) is 57.2 Å². The number of aliphatic hydroxyl groups excluding tert-OH is 1. The van der Waals surface area contributed by atoms with Crippen molar-refractivity contribution in [2.24, 2.45) is 29.4 Å². The maximum atomic E-state index is 13.8. The fourth-order valence-electron chi connectivity index (χ4n) is 7.82. The predicted molar refractivity (Wildman–Crippen MR) is 200 cm³/mol. The van der Waals surface area contributed by atoms with Crippen molar-refractivity contribution in [2.75, 3.05) is 27.3 Å². The van der Waals surface area contributed by atoms with Crippen LogP contribution >= 0.6 is 0 Å². The van der Waals surface area contributed by atoms with Crippen LogP contribution in [0.25, 0.3) is 22.3 Å². The van der Waals surface area contributed by atoms with Gasteiger partial charge in [-0.05, 0) is 115 Å². The molecule has 2 saturated carbocycles. The number of fused-ring (bicyclic) bond motifs is 1. The summed E-state index contributed by atoms with van der Waals surface area (Å²) in [5.74, 6) is -0.533. The molecule has 2 amide bonds. The number of rotatable bonds is 15. The molecule has 2 aliphatic rings. The maximum absolute atomic E-state index is 13.8. The number of hydrogen-bond donors (Lipinski definition) is 2. The SMILES string of the molecule is CCOC(=O)[C@H]1CC[C@H](/C=C(\CCCCN(C)C(=O)[C@@H]2C[C@H](Oc3cc(-c4cccc(C)n4)nc4c(C)c(OC)ccc34)C[C@H]2C(N)=O)C(C)O)C1. The third-order valence-corrected chi connectivity index (χ3v) is 10.7. The number of aryl methyl sites for hydroxylation is 2. The average molecular weight is 715 g/mol. The van der Waals surface area contributed by atoms with Crippen molar-refractivity contribution < 1.29 is 33.7 Å². The van der Waals surface area contributed by atoms with E-state index in [0.29, 0.717) is 55.3 Å². The normalized spacial score (nSPS) is 22.3. The molecule has 3 aromatic rings. The molecule has 0 radical (unpaired) electrons. The van der Waals surface area contributed by atoms with E-state index in [0.717, 1.165) is 59.8 Å². The second-order valence-electron chi connectivity index (χ2n) is 14.4. The molecule has 11 heteroatoms. The number of allylic oxidation sites excluding steroid dienone is 1. The van der Waals surface area contributed by atoms with Crippen LogP contribution in [-0.2, 0) is 19.1 Å². The molecular weight excluding hydrogens is 660 g/mol. The first-order chi connectivity index (χ1) is 24.9. The number of primary amides is 1. The zero-order valence-corrected chi connectivity index (χ0v) is 31.4. The molecule has 1 unspecified atom stereocenters. The van der Waals surface area contributed by atoms with Gasteiger partial charge in [0.1, 0.15) is 17.6 Å². The number of ether oxygens (including phenoxy) is 3. The van der Waals surface area contributed by atoms with Crippen molar-refractivity contribution in [3.63, 3.8) is 0 Å². The Labute approximate surface area is 306 Å². The number of carbonyl (C=O) groups is 3. The van der Waals surface area contributed by atoms with E-state index >= 15 is 0 Å². The minimum atomic E-state index is -0.651. The largest absolute Gasteiger partial charge is 0.496 e. The second kappa shape index (κ2) is 17.3. The fraction of sp³-hybridized carbons (Fsp3) is 0.537. The van der Waals surface area contributed by atoms with E-state index in [1.54, 1.807) is 26.0 Å². The first-order valence-electron chi connectivity index (χ1n) is 18.6. The molecule has 2 fully saturated rings. The smallest absolute Gasteiger partial charge is 0.308 e. The van der Waals surface area contributed by atoms with Crippen molar-refractivity contribution in [3.05, 3.63) is 59.3 Å². The number of hydrogen-bond acceptors (Lipinski definition) is 9. The Morgan fingerprint density at radius 1 is 1.02 bits per heavy atom. The molecule has 0 bridgehead atoms. The van der Waals surface area contributed by atoms with Gasteiger partial charge in [0.05, 0.1) is 54.5 Å². The summed E-state index contributed by atoms with van der Waals surface area (Å²) in [5, 5.41) is 11.3. The van der Waals surface area contributed by atoms with Crippen molar-refractivity contribution in [3.8, 4) is 22.9 Å². The standard InChI is InChI=1S/C41H54N4O7/c1-7-51-41(49)29-15-14-27(20-29)19-28(26(4)46)12-8-9-18-45(5)40(48)33-22-30(21-32(33)39(42)47)52-37-23-35(34-13-10-11-24(2)43-34)44-38-25(3)36(50-6)17-16-31(37)38/h10-11,13,16-17,19,23,26-27,29-30,32-33,46H,7-9,12,14-15,18,20-22H2,1-6H3,(H2,42,47)/b28-19+/t26?,27-,29+,30-,32-,33-/m1/s1. The van der Waals surface area contributed by atoms with Gasteiger partial charge in [-0.1, -0.05) is 12.1 Å². The van der Waals surface area contributed by atoms with Crippen LogP contribution in [0.5, 0.6) is 11.5 Å². The molecule has 5 rings (SSSR count). The van der Waals surface area contributed by atoms with Gasteiger partial charge in [-0.2, -0.15) is 0 Å². The first kappa shape index (κ1) is 38.7. The molecule has 2 aliphatic carbocycles. The summed E-state index contributed by atoms with van der Waals surface area (Å²) < 4.78 is 17.4. The molecule has 0 aliphatic heterocycles. The summed E-state index contributed by atoms with van der Waals surface area (Å²) in [6.07, 6.45) is 6.51. The van der Waals surface area contributed by atoms with Crippen LogP contribution in [0.2, 0.25) is 0 Å². The number of aliphatic hydroxyl groups is 1. The van der Waals surface area contributed by atoms with E-state index in [-0.39, 0.29) is 23.7 Å². The van der Waals surface area contributed by atoms with Crippen LogP contribution in [0.15, 0.2) is 48.0 Å². The minimum absolute atomic E-state index is 0.0772. The topological polar surface area (TPSA) is 154 Å². The molecule has 6 atom stereocenters. The molecule has 11 nitrogen and oxygen atoms in total. The molecule has 0 spiro atoms. The summed E-state index contributed by atoms with van der Waals surface area (Å²) in [4.78, 5) is 50.0. The van der Waals surface area contributed by atoms with Crippen molar-refractivity contribution in [2.45, 2.75) is 91.3 Å². The number of methoxy groups -OCH3 is 1. The zero-order chi connectivity index (χ0) is 37.5. The van der Waals surface area contributed by atoms with E-state index in [1.165, 1.54) is 0 Å². The second-order valence-corrected chi connectivity index (χ2v) is 14.4. The third kappa shape index (κ3) is 9.10. The van der Waals surface area contributed by atoms with Gasteiger partial charge in [0.25, 0.3) is 0 Å². The maximum Gasteiger partial charge on any atom is 0.308 e. The lowest BCUT2D eigenvalue weighted by Crippen LogP contribution is -2.39. The number of benzene rings is 1. The summed E-state index contributed by atoms with van der Waals surface area (Å²) in [7, 11) is 3.39. The zero-order valence-electron chi connectivity index (χ0n) is 31.4. The summed E-state index contributed by atoms with van der Waals surface area (Å²) in [5.41, 5.74) is 10.7. The lowest BCUT2D eigenvalue weighted by Gasteiger charge is -2.24. The van der Waals surface area contributed by atoms with E-state index in [4.69, 9.17) is 24.9 Å². The van der Waals surface area contributed by atoms with Crippen molar-refractivity contribution in [1.29, 1.82) is 0 Å². The van der Waals surface area contributed by atoms with Gasteiger partial charge in [-0.3, -0.25) is 19.4 Å². The number of amides is 2. The van der Waals surface area contributed by atoms with Crippen LogP contribution in [0.1, 0.15) is 76.5 Å². The van der Waals surface area contributed by atoms with Crippen LogP contribution in [-0.4, -0.2) is 77.3 Å². The fourth-order valence-corrected chi connectivity index (χ4v) is 7.82. The van der Waals surface area contributed by atoms with Gasteiger partial charge in [-0.15, -0.1) is 0 Å². The number of nitrogens with two attached hydrogens (primary N) is 1. The Bertz CT molecular complexity index is 1790. The summed E-state index contributed by atoms with van der Waals surface area (Å²) in [6.45, 7) is 8.37. The highest BCUT2D eigenvalue weighted by molar-refractivity contribution is 5.91. The number of unbranched alkanes of at least 4 members (excludes halogenated alkanes) is 1. The van der Waals surface area contributed by atoms with Gasteiger partial charge in [0.15, 0.2) is 0 Å². The number of pyridine rings is 2. The van der Waals surface area contributed by atoms with Crippen LogP contribution < -0.4 is 15.2 Å². The lowest BCUT2D eigenvalue weighted by atomic mass is 9.94. The average Bonchev–Trinajstić information content (AvgIpc) is 3.77. The van der Waals surface area contributed by atoms with Gasteiger partial charge >= 0.3 is 5.97 Å². The molecule has 2 aromatic heterocycles. The van der Waals surface area contributed by atoms with Crippen molar-refractivity contribution in [1.82, 2.24) is 14.9 Å². The number of carbonyl (C=O) groups excluding carboxylic acids is 3.